The van der Waals surface area contributed by atoms with Gasteiger partial charge in [0.15, 0.2) is 18.3 Å². The first kappa shape index (κ1) is 34.1. The maximum Gasteiger partial charge on any atom is 0.307 e. The van der Waals surface area contributed by atoms with Crippen LogP contribution in [0.15, 0.2) is 0 Å². The zero-order valence-corrected chi connectivity index (χ0v) is 23.5. The molecule has 15 heteroatoms. The summed E-state index contributed by atoms with van der Waals surface area (Å²) in [6, 6.07) is 0. The van der Waals surface area contributed by atoms with E-state index in [0.717, 1.165) is 0 Å². The molecular formula is C20H32O10S5. The first-order valence-electron chi connectivity index (χ1n) is 10.7. The summed E-state index contributed by atoms with van der Waals surface area (Å²) in [7, 11) is 0. The summed E-state index contributed by atoms with van der Waals surface area (Å²) in [6.07, 6.45) is -4.58. The van der Waals surface area contributed by atoms with Crippen LogP contribution < -0.4 is 0 Å². The summed E-state index contributed by atoms with van der Waals surface area (Å²) >= 11 is 19.9. The van der Waals surface area contributed by atoms with Crippen molar-refractivity contribution in [2.45, 2.75) is 50.4 Å². The molecule has 10 nitrogen and oxygen atoms in total. The molecule has 0 spiro atoms. The Labute approximate surface area is 232 Å². The minimum Gasteiger partial charge on any atom is -0.462 e. The van der Waals surface area contributed by atoms with Gasteiger partial charge in [-0.05, 0) is 0 Å². The van der Waals surface area contributed by atoms with Gasteiger partial charge in [-0.15, -0.1) is 0 Å². The van der Waals surface area contributed by atoms with Gasteiger partial charge in [0.2, 0.25) is 0 Å². The third kappa shape index (κ3) is 16.5. The Morgan fingerprint density at radius 3 is 1.06 bits per heavy atom. The van der Waals surface area contributed by atoms with Crippen LogP contribution in [0.25, 0.3) is 0 Å². The molecule has 0 aliphatic rings. The molecule has 0 saturated carbocycles. The van der Waals surface area contributed by atoms with Crippen LogP contribution in [-0.4, -0.2) is 90.1 Å². The Morgan fingerprint density at radius 1 is 0.457 bits per heavy atom. The summed E-state index contributed by atoms with van der Waals surface area (Å²) in [5, 5.41) is 0. The average Bonchev–Trinajstić information content (AvgIpc) is 2.79. The number of ether oxygens (including phenoxy) is 5. The summed E-state index contributed by atoms with van der Waals surface area (Å²) < 4.78 is 26.6. The van der Waals surface area contributed by atoms with Crippen molar-refractivity contribution in [2.75, 3.05) is 42.0 Å². The fourth-order valence-electron chi connectivity index (χ4n) is 2.40. The van der Waals surface area contributed by atoms with Gasteiger partial charge >= 0.3 is 29.8 Å². The Balaban J connectivity index is 6.08. The molecule has 0 saturated heterocycles. The van der Waals surface area contributed by atoms with Crippen LogP contribution in [0.2, 0.25) is 0 Å². The highest BCUT2D eigenvalue weighted by Crippen LogP contribution is 2.18. The summed E-state index contributed by atoms with van der Waals surface area (Å²) in [5.41, 5.74) is 0. The normalized spacial score (nSPS) is 13.2. The highest BCUT2D eigenvalue weighted by Gasteiger charge is 2.40. The molecule has 0 fully saturated rings. The van der Waals surface area contributed by atoms with E-state index >= 15 is 0 Å². The Morgan fingerprint density at radius 2 is 0.743 bits per heavy atom. The van der Waals surface area contributed by atoms with Crippen LogP contribution in [0.5, 0.6) is 0 Å². The van der Waals surface area contributed by atoms with E-state index in [1.807, 2.05) is 0 Å². The third-order valence-electron chi connectivity index (χ3n) is 3.96. The van der Waals surface area contributed by atoms with Gasteiger partial charge in [0.1, 0.15) is 13.2 Å². The Kier molecular flexibility index (Phi) is 20.7. The van der Waals surface area contributed by atoms with Crippen LogP contribution >= 0.6 is 63.1 Å². The van der Waals surface area contributed by atoms with Gasteiger partial charge in [0, 0.05) is 28.8 Å². The zero-order valence-electron chi connectivity index (χ0n) is 19.0. The summed E-state index contributed by atoms with van der Waals surface area (Å²) in [6.45, 7) is -1.04. The van der Waals surface area contributed by atoms with E-state index in [-0.39, 0.29) is 60.9 Å². The third-order valence-corrected chi connectivity index (χ3v) is 5.08. The lowest BCUT2D eigenvalue weighted by atomic mass is 10.1. The molecule has 0 aromatic heterocycles. The average molecular weight is 593 g/mol. The smallest absolute Gasteiger partial charge is 0.307 e. The molecule has 0 N–H and O–H groups in total. The molecule has 202 valence electrons. The van der Waals surface area contributed by atoms with Gasteiger partial charge in [-0.25, -0.2) is 0 Å². The van der Waals surface area contributed by atoms with Crippen molar-refractivity contribution in [3.63, 3.8) is 0 Å². The molecule has 0 aromatic rings. The zero-order chi connectivity index (χ0) is 26.6. The SMILES string of the molecule is O=C(CCS)OC[C@H](OC(=O)CCS)C(OC(=O)CCS)[C@@H](COC(=O)CCS)OC(=O)CCS. The number of hydrogen-bond donors (Lipinski definition) is 5. The predicted octanol–water partition coefficient (Wildman–Crippen LogP) is 1.41. The van der Waals surface area contributed by atoms with Crippen LogP contribution in [0, 0.1) is 0 Å². The van der Waals surface area contributed by atoms with E-state index in [1.54, 1.807) is 0 Å². The molecular weight excluding hydrogens is 561 g/mol. The van der Waals surface area contributed by atoms with Gasteiger partial charge in [-0.2, -0.15) is 63.1 Å². The van der Waals surface area contributed by atoms with Crippen LogP contribution in [-0.2, 0) is 47.7 Å². The van der Waals surface area contributed by atoms with Crippen LogP contribution in [0.4, 0.5) is 0 Å². The van der Waals surface area contributed by atoms with Crippen molar-refractivity contribution in [1.29, 1.82) is 0 Å². The number of carbonyl (C=O) groups excluding carboxylic acids is 5. The summed E-state index contributed by atoms with van der Waals surface area (Å²) in [4.78, 5) is 60.7. The van der Waals surface area contributed by atoms with Crippen molar-refractivity contribution in [1.82, 2.24) is 0 Å². The standard InChI is InChI=1S/C20H32O10S5/c21-15(1-6-31)26-11-13(28-17(23)3-8-33)20(30-19(25)5-10-35)14(29-18(24)4-9-34)12-27-16(22)2-7-32/h13-14,20,31-35H,1-12H2/t13-,14+,20?. The van der Waals surface area contributed by atoms with E-state index in [0.29, 0.717) is 0 Å². The molecule has 0 amide bonds. The second-order valence-corrected chi connectivity index (χ2v) is 8.98. The van der Waals surface area contributed by atoms with Crippen molar-refractivity contribution < 1.29 is 47.7 Å². The second-order valence-electron chi connectivity index (χ2n) is 6.75. The molecule has 0 aromatic carbocycles. The highest BCUT2D eigenvalue weighted by atomic mass is 32.1. The molecule has 0 bridgehead atoms. The molecule has 0 radical (unpaired) electrons. The minimum atomic E-state index is -1.47. The fourth-order valence-corrected chi connectivity index (χ4v) is 3.31. The van der Waals surface area contributed by atoms with Gasteiger partial charge in [-0.1, -0.05) is 0 Å². The van der Waals surface area contributed by atoms with E-state index in [2.05, 4.69) is 63.1 Å². The molecule has 35 heavy (non-hydrogen) atoms. The van der Waals surface area contributed by atoms with Crippen molar-refractivity contribution in [3.05, 3.63) is 0 Å². The van der Waals surface area contributed by atoms with Gasteiger partial charge in [0.25, 0.3) is 0 Å². The highest BCUT2D eigenvalue weighted by molar-refractivity contribution is 7.80. The molecule has 0 heterocycles. The Bertz CT molecular complexity index is 633. The van der Waals surface area contributed by atoms with Gasteiger partial charge < -0.3 is 23.7 Å². The lowest BCUT2D eigenvalue weighted by Gasteiger charge is -2.32. The quantitative estimate of drug-likeness (QED) is 0.0852. The lowest BCUT2D eigenvalue weighted by Crippen LogP contribution is -2.50. The number of rotatable bonds is 19. The summed E-state index contributed by atoms with van der Waals surface area (Å²) in [5.74, 6) is -2.57. The number of carbonyl (C=O) groups is 5. The van der Waals surface area contributed by atoms with E-state index < -0.39 is 61.4 Å². The van der Waals surface area contributed by atoms with Crippen molar-refractivity contribution in [2.24, 2.45) is 0 Å². The molecule has 3 atom stereocenters. The largest absolute Gasteiger partial charge is 0.462 e. The van der Waals surface area contributed by atoms with E-state index in [9.17, 15) is 24.0 Å². The van der Waals surface area contributed by atoms with E-state index in [1.165, 1.54) is 0 Å². The fraction of sp³-hybridized carbons (Fsp3) is 0.750. The number of hydrogen-bond acceptors (Lipinski definition) is 15. The maximum absolute atomic E-state index is 12.4. The molecule has 0 aliphatic carbocycles. The number of thiol groups is 5. The van der Waals surface area contributed by atoms with Gasteiger partial charge in [0.05, 0.1) is 32.1 Å². The van der Waals surface area contributed by atoms with Gasteiger partial charge in [-0.3, -0.25) is 24.0 Å². The first-order chi connectivity index (χ1) is 16.7. The number of esters is 5. The predicted molar refractivity (Wildman–Crippen MR) is 144 cm³/mol. The minimum absolute atomic E-state index is 0.0216. The van der Waals surface area contributed by atoms with Crippen molar-refractivity contribution >= 4 is 93.0 Å². The Hall–Kier alpha value is -0.900. The molecule has 1 unspecified atom stereocenters. The topological polar surface area (TPSA) is 132 Å². The molecule has 0 aliphatic heterocycles. The van der Waals surface area contributed by atoms with E-state index in [4.69, 9.17) is 23.7 Å². The first-order valence-corrected chi connectivity index (χ1v) is 13.8. The van der Waals surface area contributed by atoms with Crippen molar-refractivity contribution in [3.8, 4) is 0 Å². The molecule has 0 rings (SSSR count). The van der Waals surface area contributed by atoms with Crippen LogP contribution in [0.1, 0.15) is 32.1 Å². The van der Waals surface area contributed by atoms with Crippen LogP contribution in [0.3, 0.4) is 0 Å². The second kappa shape index (κ2) is 21.2. The monoisotopic (exact) mass is 592 g/mol. The lowest BCUT2D eigenvalue weighted by molar-refractivity contribution is -0.196. The maximum atomic E-state index is 12.4.